The second-order valence-electron chi connectivity index (χ2n) is 11.2. The summed E-state index contributed by atoms with van der Waals surface area (Å²) in [5.41, 5.74) is 4.89. The Morgan fingerprint density at radius 2 is 1.95 bits per heavy atom. The molecule has 0 saturated carbocycles. The van der Waals surface area contributed by atoms with Crippen LogP contribution in [0.1, 0.15) is 51.1 Å². The van der Waals surface area contributed by atoms with Gasteiger partial charge in [-0.1, -0.05) is 24.3 Å². The molecule has 0 bridgehead atoms. The van der Waals surface area contributed by atoms with Crippen LogP contribution in [0.5, 0.6) is 5.75 Å². The number of pyridine rings is 1. The summed E-state index contributed by atoms with van der Waals surface area (Å²) in [6.45, 7) is 5.69. The fourth-order valence-electron chi connectivity index (χ4n) is 4.86. The van der Waals surface area contributed by atoms with E-state index in [0.717, 1.165) is 11.6 Å². The van der Waals surface area contributed by atoms with Crippen molar-refractivity contribution in [3.05, 3.63) is 77.6 Å². The van der Waals surface area contributed by atoms with Crippen molar-refractivity contribution in [3.8, 4) is 34.5 Å². The van der Waals surface area contributed by atoms with Crippen molar-refractivity contribution in [3.63, 3.8) is 0 Å². The monoisotopic (exact) mass is 590 g/mol. The molecular weight excluding hydrogens is 561 g/mol. The average Bonchev–Trinajstić information content (AvgIpc) is 3.45. The van der Waals surface area contributed by atoms with Crippen molar-refractivity contribution < 1.29 is 27.1 Å². The van der Waals surface area contributed by atoms with Gasteiger partial charge in [-0.05, 0) is 50.6 Å². The van der Waals surface area contributed by atoms with E-state index in [2.05, 4.69) is 15.2 Å². The van der Waals surface area contributed by atoms with Gasteiger partial charge in [0.2, 0.25) is 18.2 Å². The number of halogens is 3. The molecule has 3 atom stereocenters. The fourth-order valence-corrected chi connectivity index (χ4v) is 4.86. The van der Waals surface area contributed by atoms with Crippen molar-refractivity contribution in [1.29, 1.82) is 5.26 Å². The number of anilines is 1. The number of nitrogens with zero attached hydrogens (tertiary/aromatic N) is 5. The number of carbonyl (C=O) groups excluding carboxylic acids is 1. The zero-order chi connectivity index (χ0) is 31.1. The minimum Gasteiger partial charge on any atom is -0.459 e. The van der Waals surface area contributed by atoms with Gasteiger partial charge in [0.05, 0.1) is 41.8 Å². The molecule has 43 heavy (non-hydrogen) atoms. The number of alkyl halides is 2. The molecule has 2 N–H and O–H groups in total. The van der Waals surface area contributed by atoms with E-state index >= 15 is 8.78 Å². The Morgan fingerprint density at radius 1 is 1.23 bits per heavy atom. The van der Waals surface area contributed by atoms with Crippen LogP contribution in [-0.4, -0.2) is 33.5 Å². The highest BCUT2D eigenvalue weighted by Crippen LogP contribution is 2.44. The van der Waals surface area contributed by atoms with E-state index in [1.165, 1.54) is 31.0 Å². The van der Waals surface area contributed by atoms with Gasteiger partial charge in [0.1, 0.15) is 22.7 Å². The Kier molecular flexibility index (Phi) is 7.70. The molecule has 1 aliphatic heterocycles. The molecule has 1 unspecified atom stereocenters. The number of hydrogen-bond acceptors (Lipinski definition) is 8. The van der Waals surface area contributed by atoms with Crippen LogP contribution in [0.4, 0.5) is 18.9 Å². The molecule has 2 aromatic heterocycles. The summed E-state index contributed by atoms with van der Waals surface area (Å²) in [6, 6.07) is 13.6. The Morgan fingerprint density at radius 3 is 2.58 bits per heavy atom. The lowest BCUT2D eigenvalue weighted by atomic mass is 9.90. The van der Waals surface area contributed by atoms with Crippen molar-refractivity contribution in [2.45, 2.75) is 64.1 Å². The van der Waals surface area contributed by atoms with Gasteiger partial charge in [0, 0.05) is 24.5 Å². The molecule has 5 rings (SSSR count). The van der Waals surface area contributed by atoms with Gasteiger partial charge in [-0.3, -0.25) is 9.78 Å². The van der Waals surface area contributed by atoms with Crippen LogP contribution in [0.3, 0.4) is 0 Å². The predicted octanol–water partition coefficient (Wildman–Crippen LogP) is 5.88. The van der Waals surface area contributed by atoms with E-state index in [0.29, 0.717) is 17.0 Å². The SMILES string of the molecule is C[C@@H](F)Oc1ccc(-c2ccc(CN3C(=O)[C@@H](N)CC(C)(F)c4cc(F)c(-c5nnc(C(C)(C)C#N)o5)cc43)cc2)nc1. The van der Waals surface area contributed by atoms with Crippen molar-refractivity contribution >= 4 is 11.6 Å². The molecule has 222 valence electrons. The van der Waals surface area contributed by atoms with Gasteiger partial charge in [-0.25, -0.2) is 13.2 Å². The van der Waals surface area contributed by atoms with Gasteiger partial charge in [0.25, 0.3) is 5.89 Å². The lowest BCUT2D eigenvalue weighted by Gasteiger charge is -2.26. The summed E-state index contributed by atoms with van der Waals surface area (Å²) in [6.07, 6.45) is -0.387. The molecular formula is C31H29F3N6O3. The molecule has 4 aromatic rings. The number of fused-ring (bicyclic) bond motifs is 1. The topological polar surface area (TPSA) is 131 Å². The van der Waals surface area contributed by atoms with E-state index in [1.54, 1.807) is 50.2 Å². The van der Waals surface area contributed by atoms with Gasteiger partial charge < -0.3 is 19.8 Å². The van der Waals surface area contributed by atoms with E-state index < -0.39 is 35.2 Å². The smallest absolute Gasteiger partial charge is 0.250 e. The lowest BCUT2D eigenvalue weighted by molar-refractivity contribution is -0.120. The zero-order valence-corrected chi connectivity index (χ0v) is 23.9. The molecule has 9 nitrogen and oxygen atoms in total. The molecule has 3 heterocycles. The minimum absolute atomic E-state index is 0.00606. The standard InChI is InChI=1S/C31H29F3N6O3/c1-17(32)42-20-9-10-25(37-14-20)19-7-5-18(6-8-19)15-40-26-11-21(27-38-39-29(43-27)30(2,3)16-35)23(33)12-22(26)31(4,34)13-24(36)28(40)41/h5-12,14,17,24H,13,15,36H2,1-4H3/t17-,24-,31?/m0/s1. The number of amides is 1. The van der Waals surface area contributed by atoms with Crippen LogP contribution in [0.2, 0.25) is 0 Å². The van der Waals surface area contributed by atoms with Crippen LogP contribution >= 0.6 is 0 Å². The highest BCUT2D eigenvalue weighted by Gasteiger charge is 2.42. The number of rotatable bonds is 7. The first-order valence-corrected chi connectivity index (χ1v) is 13.5. The van der Waals surface area contributed by atoms with Crippen molar-refractivity contribution in [1.82, 2.24) is 15.2 Å². The Hall–Kier alpha value is -4.76. The van der Waals surface area contributed by atoms with E-state index in [9.17, 15) is 14.4 Å². The summed E-state index contributed by atoms with van der Waals surface area (Å²) < 4.78 is 55.1. The number of aromatic nitrogens is 3. The highest BCUT2D eigenvalue weighted by atomic mass is 19.1. The number of hydrogen-bond donors (Lipinski definition) is 1. The molecule has 1 aliphatic rings. The Balaban J connectivity index is 1.51. The lowest BCUT2D eigenvalue weighted by Crippen LogP contribution is -2.43. The third-order valence-electron chi connectivity index (χ3n) is 7.22. The number of benzene rings is 2. The maximum Gasteiger partial charge on any atom is 0.250 e. The van der Waals surface area contributed by atoms with Crippen molar-refractivity contribution in [2.75, 3.05) is 4.90 Å². The number of carbonyl (C=O) groups is 1. The largest absolute Gasteiger partial charge is 0.459 e. The predicted molar refractivity (Wildman–Crippen MR) is 151 cm³/mol. The van der Waals surface area contributed by atoms with Crippen molar-refractivity contribution in [2.24, 2.45) is 5.73 Å². The molecule has 12 heteroatoms. The summed E-state index contributed by atoms with van der Waals surface area (Å²) >= 11 is 0. The average molecular weight is 591 g/mol. The first-order valence-electron chi connectivity index (χ1n) is 13.5. The second-order valence-corrected chi connectivity index (χ2v) is 11.2. The van der Waals surface area contributed by atoms with E-state index in [-0.39, 0.29) is 41.6 Å². The highest BCUT2D eigenvalue weighted by molar-refractivity contribution is 5.99. The quantitative estimate of drug-likeness (QED) is 0.282. The number of ether oxygens (including phenoxy) is 1. The van der Waals surface area contributed by atoms with Gasteiger partial charge in [-0.2, -0.15) is 5.26 Å². The number of nitriles is 1. The molecule has 0 radical (unpaired) electrons. The zero-order valence-electron chi connectivity index (χ0n) is 23.9. The van der Waals surface area contributed by atoms with Crippen LogP contribution in [0.25, 0.3) is 22.7 Å². The summed E-state index contributed by atoms with van der Waals surface area (Å²) in [7, 11) is 0. The first kappa shape index (κ1) is 29.7. The third kappa shape index (κ3) is 5.94. The summed E-state index contributed by atoms with van der Waals surface area (Å²) in [5, 5.41) is 17.2. The normalized spacial score (nSPS) is 19.4. The molecule has 1 amide bonds. The third-order valence-corrected chi connectivity index (χ3v) is 7.22. The molecule has 0 aliphatic carbocycles. The van der Waals surface area contributed by atoms with Gasteiger partial charge in [-0.15, -0.1) is 10.2 Å². The Labute approximate surface area is 246 Å². The molecule has 0 spiro atoms. The van der Waals surface area contributed by atoms with Gasteiger partial charge >= 0.3 is 0 Å². The molecule has 2 aromatic carbocycles. The fraction of sp³-hybridized carbons (Fsp3) is 0.323. The molecule has 0 saturated heterocycles. The van der Waals surface area contributed by atoms with E-state index in [1.807, 2.05) is 6.07 Å². The van der Waals surface area contributed by atoms with Crippen LogP contribution < -0.4 is 15.4 Å². The van der Waals surface area contributed by atoms with Gasteiger partial charge in [0.15, 0.2) is 0 Å². The first-order chi connectivity index (χ1) is 20.3. The van der Waals surface area contributed by atoms with E-state index in [4.69, 9.17) is 14.9 Å². The maximum atomic E-state index is 16.0. The Bertz CT molecular complexity index is 1700. The summed E-state index contributed by atoms with van der Waals surface area (Å²) in [5.74, 6) is -1.30. The summed E-state index contributed by atoms with van der Waals surface area (Å²) in [4.78, 5) is 19.1. The molecule has 0 fully saturated rings. The number of nitrogens with two attached hydrogens (primary N) is 1. The second kappa shape index (κ2) is 11.1. The maximum absolute atomic E-state index is 16.0. The van der Waals surface area contributed by atoms with Crippen LogP contribution in [0.15, 0.2) is 59.1 Å². The minimum atomic E-state index is -2.12. The van der Waals surface area contributed by atoms with Crippen LogP contribution in [0, 0.1) is 17.1 Å². The van der Waals surface area contributed by atoms with Crippen LogP contribution in [-0.2, 0) is 22.4 Å².